The van der Waals surface area contributed by atoms with Gasteiger partial charge in [0.25, 0.3) is 5.91 Å². The summed E-state index contributed by atoms with van der Waals surface area (Å²) in [7, 11) is 0. The first-order valence-corrected chi connectivity index (χ1v) is 11.9. The molecule has 1 aliphatic carbocycles. The van der Waals surface area contributed by atoms with Crippen LogP contribution in [0.1, 0.15) is 52.1 Å². The molecular formula is C23H30N4O3S. The van der Waals surface area contributed by atoms with E-state index in [1.54, 1.807) is 6.92 Å². The van der Waals surface area contributed by atoms with Crippen LogP contribution in [-0.2, 0) is 16.1 Å². The third-order valence-corrected chi connectivity index (χ3v) is 6.72. The average Bonchev–Trinajstić information content (AvgIpc) is 3.49. The van der Waals surface area contributed by atoms with Crippen molar-refractivity contribution in [2.45, 2.75) is 71.2 Å². The van der Waals surface area contributed by atoms with Crippen LogP contribution in [0.25, 0.3) is 0 Å². The summed E-state index contributed by atoms with van der Waals surface area (Å²) < 4.78 is 6.04. The Morgan fingerprint density at radius 1 is 1.29 bits per heavy atom. The highest BCUT2D eigenvalue weighted by Gasteiger charge is 2.35. The molecule has 2 amide bonds. The highest BCUT2D eigenvalue weighted by molar-refractivity contribution is 7.14. The van der Waals surface area contributed by atoms with Gasteiger partial charge in [-0.2, -0.15) is 0 Å². The summed E-state index contributed by atoms with van der Waals surface area (Å²) in [6.07, 6.45) is 3.29. The number of aromatic nitrogens is 1. The minimum atomic E-state index is -0.575. The number of anilines is 2. The zero-order valence-electron chi connectivity index (χ0n) is 18.3. The monoisotopic (exact) mass is 442 g/mol. The fraction of sp³-hybridized carbons (Fsp3) is 0.522. The predicted octanol–water partition coefficient (Wildman–Crippen LogP) is 3.73. The van der Waals surface area contributed by atoms with Gasteiger partial charge in [0.1, 0.15) is 5.75 Å². The molecule has 2 aromatic rings. The zero-order valence-corrected chi connectivity index (χ0v) is 19.2. The highest BCUT2D eigenvalue weighted by atomic mass is 32.1. The van der Waals surface area contributed by atoms with Gasteiger partial charge in [-0.25, -0.2) is 4.98 Å². The van der Waals surface area contributed by atoms with E-state index in [1.807, 2.05) is 34.5 Å². The van der Waals surface area contributed by atoms with E-state index in [2.05, 4.69) is 24.1 Å². The van der Waals surface area contributed by atoms with Crippen LogP contribution in [0.2, 0.25) is 0 Å². The molecule has 1 fully saturated rings. The second-order valence-corrected chi connectivity index (χ2v) is 9.05. The number of ether oxygens (including phenoxy) is 1. The van der Waals surface area contributed by atoms with E-state index in [1.165, 1.54) is 11.3 Å². The summed E-state index contributed by atoms with van der Waals surface area (Å²) in [5, 5.41) is 5.87. The number of rotatable bonds is 8. The second kappa shape index (κ2) is 9.26. The van der Waals surface area contributed by atoms with Gasteiger partial charge in [0.15, 0.2) is 11.2 Å². The molecule has 1 N–H and O–H groups in total. The molecule has 1 atom stereocenters. The number of amides is 2. The maximum atomic E-state index is 12.9. The fourth-order valence-corrected chi connectivity index (χ4v) is 4.87. The summed E-state index contributed by atoms with van der Waals surface area (Å²) in [5.74, 6) is 0.666. The SMILES string of the molecule is CCC(CC)NC(=O)C1CN(Cc2csc(N(C(C)=O)C3CC3)n2)c2ccccc2O1. The molecule has 166 valence electrons. The molecule has 1 aliphatic heterocycles. The summed E-state index contributed by atoms with van der Waals surface area (Å²) in [4.78, 5) is 33.6. The summed E-state index contributed by atoms with van der Waals surface area (Å²) >= 11 is 1.50. The van der Waals surface area contributed by atoms with Crippen LogP contribution in [0.3, 0.4) is 0 Å². The topological polar surface area (TPSA) is 74.8 Å². The second-order valence-electron chi connectivity index (χ2n) is 8.22. The molecule has 0 saturated heterocycles. The molecule has 4 rings (SSSR count). The standard InChI is InChI=1S/C23H30N4O3S/c1-4-16(5-2)24-22(29)21-13-26(19-8-6-7-9-20(19)30-21)12-17-14-31-23(25-17)27(15(3)28)18-10-11-18/h6-9,14,16,18,21H,4-5,10-13H2,1-3H3,(H,24,29). The maximum Gasteiger partial charge on any atom is 0.263 e. The van der Waals surface area contributed by atoms with E-state index in [0.717, 1.165) is 42.2 Å². The van der Waals surface area contributed by atoms with Gasteiger partial charge in [0.2, 0.25) is 5.91 Å². The minimum Gasteiger partial charge on any atom is -0.477 e. The van der Waals surface area contributed by atoms with Crippen molar-refractivity contribution in [3.63, 3.8) is 0 Å². The molecule has 7 nitrogen and oxygen atoms in total. The summed E-state index contributed by atoms with van der Waals surface area (Å²) in [5.41, 5.74) is 1.84. The number of hydrogen-bond acceptors (Lipinski definition) is 6. The molecule has 31 heavy (non-hydrogen) atoms. The minimum absolute atomic E-state index is 0.0401. The molecule has 0 spiro atoms. The van der Waals surface area contributed by atoms with Crippen molar-refractivity contribution in [1.82, 2.24) is 10.3 Å². The van der Waals surface area contributed by atoms with Gasteiger partial charge < -0.3 is 15.0 Å². The fourth-order valence-electron chi connectivity index (χ4n) is 3.94. The number of fused-ring (bicyclic) bond motifs is 1. The molecule has 2 heterocycles. The Bertz CT molecular complexity index is 938. The number of nitrogens with zero attached hydrogens (tertiary/aromatic N) is 3. The van der Waals surface area contributed by atoms with E-state index >= 15 is 0 Å². The summed E-state index contributed by atoms with van der Waals surface area (Å²) in [6.45, 7) is 6.75. The number of carbonyl (C=O) groups excluding carboxylic acids is 2. The van der Waals surface area contributed by atoms with Crippen molar-refractivity contribution < 1.29 is 14.3 Å². The van der Waals surface area contributed by atoms with Crippen molar-refractivity contribution in [2.24, 2.45) is 0 Å². The Morgan fingerprint density at radius 3 is 2.71 bits per heavy atom. The number of nitrogens with one attached hydrogen (secondary N) is 1. The lowest BCUT2D eigenvalue weighted by Crippen LogP contribution is -2.51. The van der Waals surface area contributed by atoms with Crippen molar-refractivity contribution in [3.8, 4) is 5.75 Å². The van der Waals surface area contributed by atoms with Crippen LogP contribution < -0.4 is 19.9 Å². The first kappa shape index (κ1) is 21.6. The highest BCUT2D eigenvalue weighted by Crippen LogP contribution is 2.36. The first-order valence-electron chi connectivity index (χ1n) is 11.0. The Hall–Kier alpha value is -2.61. The number of benzene rings is 1. The Balaban J connectivity index is 1.52. The molecule has 1 saturated carbocycles. The van der Waals surface area contributed by atoms with Gasteiger partial charge in [-0.3, -0.25) is 14.5 Å². The largest absolute Gasteiger partial charge is 0.477 e. The van der Waals surface area contributed by atoms with Gasteiger partial charge in [-0.05, 0) is 37.8 Å². The van der Waals surface area contributed by atoms with E-state index < -0.39 is 6.10 Å². The van der Waals surface area contributed by atoms with Crippen LogP contribution in [0.15, 0.2) is 29.6 Å². The lowest BCUT2D eigenvalue weighted by molar-refractivity contribution is -0.128. The molecule has 2 aliphatic rings. The molecular weight excluding hydrogens is 412 g/mol. The molecule has 1 aromatic carbocycles. The third-order valence-electron chi connectivity index (χ3n) is 5.84. The zero-order chi connectivity index (χ0) is 22.0. The van der Waals surface area contributed by atoms with Crippen molar-refractivity contribution in [2.75, 3.05) is 16.3 Å². The van der Waals surface area contributed by atoms with Crippen LogP contribution in [0.4, 0.5) is 10.8 Å². The van der Waals surface area contributed by atoms with Gasteiger partial charge in [0, 0.05) is 24.4 Å². The number of carbonyl (C=O) groups is 2. The van der Waals surface area contributed by atoms with Gasteiger partial charge in [-0.1, -0.05) is 26.0 Å². The van der Waals surface area contributed by atoms with Gasteiger partial charge in [0.05, 0.1) is 24.5 Å². The predicted molar refractivity (Wildman–Crippen MR) is 123 cm³/mol. The number of para-hydroxylation sites is 2. The molecule has 8 heteroatoms. The quantitative estimate of drug-likeness (QED) is 0.674. The van der Waals surface area contributed by atoms with Crippen molar-refractivity contribution in [1.29, 1.82) is 0 Å². The number of hydrogen-bond donors (Lipinski definition) is 1. The van der Waals surface area contributed by atoms with Crippen LogP contribution in [0, 0.1) is 0 Å². The molecule has 0 radical (unpaired) electrons. The first-order chi connectivity index (χ1) is 15.0. The van der Waals surface area contributed by atoms with E-state index in [4.69, 9.17) is 9.72 Å². The van der Waals surface area contributed by atoms with Crippen molar-refractivity contribution >= 4 is 34.0 Å². The van der Waals surface area contributed by atoms with Crippen LogP contribution in [-0.4, -0.2) is 41.5 Å². The Kier molecular flexibility index (Phi) is 6.46. The van der Waals surface area contributed by atoms with Crippen LogP contribution >= 0.6 is 11.3 Å². The average molecular weight is 443 g/mol. The molecule has 1 aromatic heterocycles. The summed E-state index contributed by atoms with van der Waals surface area (Å²) in [6, 6.07) is 8.23. The van der Waals surface area contributed by atoms with E-state index in [9.17, 15) is 9.59 Å². The lowest BCUT2D eigenvalue weighted by atomic mass is 10.1. The normalized spacial score (nSPS) is 17.8. The number of thiazole rings is 1. The lowest BCUT2D eigenvalue weighted by Gasteiger charge is -2.35. The Labute approximate surface area is 187 Å². The molecule has 1 unspecified atom stereocenters. The van der Waals surface area contributed by atoms with Crippen molar-refractivity contribution in [3.05, 3.63) is 35.3 Å². The third kappa shape index (κ3) is 4.84. The van der Waals surface area contributed by atoms with E-state index in [0.29, 0.717) is 24.9 Å². The molecule has 0 bridgehead atoms. The Morgan fingerprint density at radius 2 is 2.03 bits per heavy atom. The van der Waals surface area contributed by atoms with Gasteiger partial charge >= 0.3 is 0 Å². The maximum absolute atomic E-state index is 12.9. The smallest absolute Gasteiger partial charge is 0.263 e. The van der Waals surface area contributed by atoms with E-state index in [-0.39, 0.29) is 17.9 Å². The van der Waals surface area contributed by atoms with Gasteiger partial charge in [-0.15, -0.1) is 11.3 Å². The van der Waals surface area contributed by atoms with Crippen LogP contribution in [0.5, 0.6) is 5.75 Å².